The number of amides is 2. The van der Waals surface area contributed by atoms with E-state index in [1.807, 2.05) is 0 Å². The van der Waals surface area contributed by atoms with Gasteiger partial charge in [0.15, 0.2) is 0 Å². The van der Waals surface area contributed by atoms with Crippen molar-refractivity contribution in [1.29, 1.82) is 0 Å². The minimum Gasteiger partial charge on any atom is -0.462 e. The van der Waals surface area contributed by atoms with Crippen LogP contribution in [0.3, 0.4) is 0 Å². The van der Waals surface area contributed by atoms with Gasteiger partial charge in [0, 0.05) is 37.0 Å². The third kappa shape index (κ3) is 5.73. The Kier molecular flexibility index (Phi) is 8.35. The van der Waals surface area contributed by atoms with Crippen molar-refractivity contribution >= 4 is 44.1 Å². The lowest BCUT2D eigenvalue weighted by Gasteiger charge is -2.30. The van der Waals surface area contributed by atoms with Crippen molar-refractivity contribution in [1.82, 2.24) is 9.21 Å². The fourth-order valence-electron chi connectivity index (χ4n) is 4.94. The number of thiophene rings is 1. The lowest BCUT2D eigenvalue weighted by molar-refractivity contribution is -0.129. The molecule has 0 saturated heterocycles. The van der Waals surface area contributed by atoms with E-state index in [1.165, 1.54) is 46.8 Å². The second-order valence-electron chi connectivity index (χ2n) is 9.41. The molecule has 1 aliphatic carbocycles. The van der Waals surface area contributed by atoms with Crippen LogP contribution in [-0.4, -0.2) is 61.6 Å². The average Bonchev–Trinajstić information content (AvgIpc) is 3.25. The molecule has 2 aliphatic rings. The van der Waals surface area contributed by atoms with Gasteiger partial charge in [-0.15, -0.1) is 11.3 Å². The Hall–Kier alpha value is -2.76. The maximum absolute atomic E-state index is 13.1. The molecule has 0 radical (unpaired) electrons. The fraction of sp³-hybridized carbons (Fsp3) is 0.500. The van der Waals surface area contributed by atoms with E-state index in [9.17, 15) is 22.8 Å². The molecular weight excluding hydrogens is 514 g/mol. The van der Waals surface area contributed by atoms with Crippen LogP contribution in [0.25, 0.3) is 0 Å². The highest BCUT2D eigenvalue weighted by molar-refractivity contribution is 7.89. The van der Waals surface area contributed by atoms with E-state index in [-0.39, 0.29) is 29.0 Å². The van der Waals surface area contributed by atoms with E-state index in [0.717, 1.165) is 42.5 Å². The highest BCUT2D eigenvalue weighted by Gasteiger charge is 2.31. The molecule has 0 spiro atoms. The number of carbonyl (C=O) groups excluding carboxylic acids is 3. The zero-order valence-electron chi connectivity index (χ0n) is 21.4. The van der Waals surface area contributed by atoms with Gasteiger partial charge >= 0.3 is 5.97 Å². The number of nitrogens with zero attached hydrogens (tertiary/aromatic N) is 2. The van der Waals surface area contributed by atoms with E-state index < -0.39 is 21.9 Å². The molecule has 4 rings (SSSR count). The summed E-state index contributed by atoms with van der Waals surface area (Å²) in [5.41, 5.74) is 1.39. The first kappa shape index (κ1) is 27.3. The van der Waals surface area contributed by atoms with Crippen LogP contribution in [0.2, 0.25) is 0 Å². The molecule has 0 bridgehead atoms. The number of anilines is 1. The minimum absolute atomic E-state index is 0.00758. The van der Waals surface area contributed by atoms with E-state index in [4.69, 9.17) is 4.74 Å². The number of hydrogen-bond acceptors (Lipinski definition) is 7. The van der Waals surface area contributed by atoms with Crippen LogP contribution in [0.4, 0.5) is 5.00 Å². The Balaban J connectivity index is 1.54. The molecule has 0 atom stereocenters. The van der Waals surface area contributed by atoms with Crippen LogP contribution in [0.5, 0.6) is 0 Å². The van der Waals surface area contributed by atoms with Gasteiger partial charge in [-0.05, 0) is 56.0 Å². The maximum Gasteiger partial charge on any atom is 0.341 e. The van der Waals surface area contributed by atoms with E-state index >= 15 is 0 Å². The first-order valence-corrected chi connectivity index (χ1v) is 14.9. The standard InChI is InChI=1S/C26H33N3O6S2/c1-4-35-26(32)23-21-14-15-29(17(2)30)16-22(21)36-25(23)27-24(31)18-10-12-20(13-11-18)37(33,34)28(3)19-8-6-5-7-9-19/h10-13,19H,4-9,14-16H2,1-3H3,(H,27,31). The number of fused-ring (bicyclic) bond motifs is 1. The van der Waals surface area contributed by atoms with Gasteiger partial charge in [0.25, 0.3) is 5.91 Å². The molecule has 1 fully saturated rings. The quantitative estimate of drug-likeness (QED) is 0.524. The number of nitrogens with one attached hydrogen (secondary N) is 1. The second-order valence-corrected chi connectivity index (χ2v) is 12.5. The van der Waals surface area contributed by atoms with Crippen LogP contribution >= 0.6 is 11.3 Å². The van der Waals surface area contributed by atoms with Gasteiger partial charge in [-0.1, -0.05) is 19.3 Å². The van der Waals surface area contributed by atoms with Crippen LogP contribution in [0, 0.1) is 0 Å². The van der Waals surface area contributed by atoms with Gasteiger partial charge in [-0.3, -0.25) is 9.59 Å². The fourth-order valence-corrected chi connectivity index (χ4v) is 7.60. The molecule has 0 unspecified atom stereocenters. The normalized spacial score (nSPS) is 16.4. The lowest BCUT2D eigenvalue weighted by atomic mass is 9.96. The molecule has 1 aromatic carbocycles. The number of hydrogen-bond donors (Lipinski definition) is 1. The molecule has 1 aliphatic heterocycles. The average molecular weight is 548 g/mol. The number of esters is 1. The Labute approximate surface area is 221 Å². The predicted molar refractivity (Wildman–Crippen MR) is 141 cm³/mol. The molecule has 9 nitrogen and oxygen atoms in total. The molecule has 1 saturated carbocycles. The van der Waals surface area contributed by atoms with Crippen LogP contribution in [0.1, 0.15) is 77.1 Å². The summed E-state index contributed by atoms with van der Waals surface area (Å²) >= 11 is 1.26. The molecule has 2 aromatic rings. The Morgan fingerprint density at radius 3 is 2.43 bits per heavy atom. The van der Waals surface area contributed by atoms with Crippen molar-refractivity contribution in [3.8, 4) is 0 Å². The van der Waals surface area contributed by atoms with Gasteiger partial charge in [-0.25, -0.2) is 13.2 Å². The number of benzene rings is 1. The molecule has 2 amide bonds. The molecule has 11 heteroatoms. The largest absolute Gasteiger partial charge is 0.462 e. The Bertz CT molecular complexity index is 1280. The SMILES string of the molecule is CCOC(=O)c1c(NC(=O)c2ccc(S(=O)(=O)N(C)C3CCCCC3)cc2)sc2c1CCN(C(C)=O)C2. The third-order valence-electron chi connectivity index (χ3n) is 7.09. The molecular formula is C26H33N3O6S2. The smallest absolute Gasteiger partial charge is 0.341 e. The van der Waals surface area contributed by atoms with Crippen molar-refractivity contribution in [3.63, 3.8) is 0 Å². The van der Waals surface area contributed by atoms with Crippen LogP contribution in [0.15, 0.2) is 29.2 Å². The van der Waals surface area contributed by atoms with Crippen molar-refractivity contribution in [2.24, 2.45) is 0 Å². The van der Waals surface area contributed by atoms with Gasteiger partial charge < -0.3 is 15.0 Å². The summed E-state index contributed by atoms with van der Waals surface area (Å²) in [6.07, 6.45) is 5.39. The van der Waals surface area contributed by atoms with Gasteiger partial charge in [-0.2, -0.15) is 4.31 Å². The molecule has 2 heterocycles. The lowest BCUT2D eigenvalue weighted by Crippen LogP contribution is -2.38. The van der Waals surface area contributed by atoms with E-state index in [2.05, 4.69) is 5.32 Å². The highest BCUT2D eigenvalue weighted by atomic mass is 32.2. The van der Waals surface area contributed by atoms with E-state index in [0.29, 0.717) is 30.1 Å². The zero-order valence-corrected chi connectivity index (χ0v) is 23.0. The van der Waals surface area contributed by atoms with Crippen molar-refractivity contribution in [2.45, 2.75) is 69.9 Å². The van der Waals surface area contributed by atoms with Gasteiger partial charge in [0.1, 0.15) is 5.00 Å². The monoisotopic (exact) mass is 547 g/mol. The summed E-state index contributed by atoms with van der Waals surface area (Å²) in [7, 11) is -2.05. The van der Waals surface area contributed by atoms with Gasteiger partial charge in [0.2, 0.25) is 15.9 Å². The van der Waals surface area contributed by atoms with Crippen molar-refractivity contribution in [2.75, 3.05) is 25.5 Å². The second kappa shape index (κ2) is 11.3. The topological polar surface area (TPSA) is 113 Å². The first-order valence-electron chi connectivity index (χ1n) is 12.6. The number of ether oxygens (including phenoxy) is 1. The number of rotatable bonds is 7. The Morgan fingerprint density at radius 2 is 1.81 bits per heavy atom. The molecule has 1 aromatic heterocycles. The predicted octanol–water partition coefficient (Wildman–Crippen LogP) is 4.03. The van der Waals surface area contributed by atoms with Crippen molar-refractivity contribution < 1.29 is 27.5 Å². The highest BCUT2D eigenvalue weighted by Crippen LogP contribution is 2.38. The summed E-state index contributed by atoms with van der Waals surface area (Å²) in [5, 5.41) is 3.18. The summed E-state index contributed by atoms with van der Waals surface area (Å²) in [6.45, 7) is 4.28. The Morgan fingerprint density at radius 1 is 1.14 bits per heavy atom. The summed E-state index contributed by atoms with van der Waals surface area (Å²) in [6, 6.07) is 5.84. The summed E-state index contributed by atoms with van der Waals surface area (Å²) in [4.78, 5) is 40.4. The first-order chi connectivity index (χ1) is 17.6. The zero-order chi connectivity index (χ0) is 26.7. The summed E-state index contributed by atoms with van der Waals surface area (Å²) in [5.74, 6) is -1.03. The van der Waals surface area contributed by atoms with Crippen LogP contribution in [-0.2, 0) is 32.5 Å². The molecule has 200 valence electrons. The minimum atomic E-state index is -3.67. The molecule has 1 N–H and O–H groups in total. The number of sulfonamides is 1. The molecule has 37 heavy (non-hydrogen) atoms. The van der Waals surface area contributed by atoms with E-state index in [1.54, 1.807) is 18.9 Å². The van der Waals surface area contributed by atoms with Crippen LogP contribution < -0.4 is 5.32 Å². The van der Waals surface area contributed by atoms with Crippen molar-refractivity contribution in [3.05, 3.63) is 45.8 Å². The third-order valence-corrected chi connectivity index (χ3v) is 10.1. The summed E-state index contributed by atoms with van der Waals surface area (Å²) < 4.78 is 32.9. The maximum atomic E-state index is 13.1. The van der Waals surface area contributed by atoms with Gasteiger partial charge in [0.05, 0.1) is 23.6 Å². The number of carbonyl (C=O) groups is 3.